The van der Waals surface area contributed by atoms with Gasteiger partial charge in [0.1, 0.15) is 5.82 Å². The molecular formula is C8H13N3OS. The smallest absolute Gasteiger partial charge is 0.125 e. The van der Waals surface area contributed by atoms with Gasteiger partial charge in [0.25, 0.3) is 0 Å². The Morgan fingerprint density at radius 3 is 3.54 bits per heavy atom. The van der Waals surface area contributed by atoms with E-state index in [0.29, 0.717) is 6.54 Å². The molecule has 0 radical (unpaired) electrons. The first kappa shape index (κ1) is 9.05. The number of hydrogen-bond donors (Lipinski definition) is 1. The summed E-state index contributed by atoms with van der Waals surface area (Å²) >= 11 is 1.96. The highest BCUT2D eigenvalue weighted by atomic mass is 32.2. The van der Waals surface area contributed by atoms with E-state index in [1.54, 1.807) is 7.11 Å². The molecule has 0 aliphatic carbocycles. The van der Waals surface area contributed by atoms with Crippen molar-refractivity contribution in [3.8, 4) is 0 Å². The fourth-order valence-electron chi connectivity index (χ4n) is 1.45. The highest BCUT2D eigenvalue weighted by Gasteiger charge is 2.13. The molecule has 0 unspecified atom stereocenters. The number of nitrogens with one attached hydrogen (secondary N) is 1. The summed E-state index contributed by atoms with van der Waals surface area (Å²) in [5.41, 5.74) is 4.13. The van der Waals surface area contributed by atoms with Crippen LogP contribution in [0.15, 0.2) is 6.20 Å². The minimum atomic E-state index is 0.682. The quantitative estimate of drug-likeness (QED) is 0.730. The second-order valence-corrected chi connectivity index (χ2v) is 4.00. The van der Waals surface area contributed by atoms with Crippen molar-refractivity contribution in [2.45, 2.75) is 18.8 Å². The molecule has 5 heteroatoms. The average molecular weight is 199 g/mol. The SMILES string of the molecule is CONCc1ncc2n1CCSC2. The fraction of sp³-hybridized carbons (Fsp3) is 0.625. The Kier molecular flexibility index (Phi) is 2.87. The lowest BCUT2D eigenvalue weighted by Gasteiger charge is -2.16. The van der Waals surface area contributed by atoms with Crippen LogP contribution in [0.5, 0.6) is 0 Å². The lowest BCUT2D eigenvalue weighted by atomic mass is 10.5. The summed E-state index contributed by atoms with van der Waals surface area (Å²) in [6.45, 7) is 1.75. The number of hydroxylamine groups is 1. The number of thioether (sulfide) groups is 1. The van der Waals surface area contributed by atoms with E-state index in [1.165, 1.54) is 11.4 Å². The van der Waals surface area contributed by atoms with E-state index in [0.717, 1.165) is 18.1 Å². The van der Waals surface area contributed by atoms with E-state index in [2.05, 4.69) is 15.0 Å². The Hall–Kier alpha value is -0.520. The molecule has 4 nitrogen and oxygen atoms in total. The van der Waals surface area contributed by atoms with Gasteiger partial charge in [-0.3, -0.25) is 0 Å². The standard InChI is InChI=1S/C8H13N3OS/c1-12-10-5-8-9-4-7-6-13-3-2-11(7)8/h4,10H,2-3,5-6H2,1H3. The number of rotatable bonds is 3. The number of aromatic nitrogens is 2. The first-order chi connectivity index (χ1) is 6.42. The highest BCUT2D eigenvalue weighted by molar-refractivity contribution is 7.98. The summed E-state index contributed by atoms with van der Waals surface area (Å²) in [6, 6.07) is 0. The van der Waals surface area contributed by atoms with Crippen LogP contribution in [-0.4, -0.2) is 22.4 Å². The largest absolute Gasteiger partial charge is 0.329 e. The predicted octanol–water partition coefficient (Wildman–Crippen LogP) is 0.781. The van der Waals surface area contributed by atoms with Crippen LogP contribution in [0.4, 0.5) is 0 Å². The van der Waals surface area contributed by atoms with E-state index >= 15 is 0 Å². The van der Waals surface area contributed by atoms with Gasteiger partial charge < -0.3 is 9.40 Å². The van der Waals surface area contributed by atoms with Gasteiger partial charge in [-0.25, -0.2) is 4.98 Å². The summed E-state index contributed by atoms with van der Waals surface area (Å²) < 4.78 is 2.27. The van der Waals surface area contributed by atoms with Gasteiger partial charge in [0.2, 0.25) is 0 Å². The van der Waals surface area contributed by atoms with Gasteiger partial charge in [0, 0.05) is 29.9 Å². The molecule has 2 rings (SSSR count). The highest BCUT2D eigenvalue weighted by Crippen LogP contribution is 2.20. The monoisotopic (exact) mass is 199 g/mol. The summed E-state index contributed by atoms with van der Waals surface area (Å²) in [5, 5.41) is 0. The molecule has 1 aromatic heterocycles. The minimum absolute atomic E-state index is 0.682. The van der Waals surface area contributed by atoms with Gasteiger partial charge in [-0.1, -0.05) is 0 Å². The molecule has 1 aliphatic heterocycles. The Bertz CT molecular complexity index is 287. The van der Waals surface area contributed by atoms with Crippen molar-refractivity contribution in [2.75, 3.05) is 12.9 Å². The summed E-state index contributed by atoms with van der Waals surface area (Å²) in [5.74, 6) is 3.33. The molecule has 0 spiro atoms. The third-order valence-corrected chi connectivity index (χ3v) is 3.08. The van der Waals surface area contributed by atoms with Crippen molar-refractivity contribution < 1.29 is 4.84 Å². The second-order valence-electron chi connectivity index (χ2n) is 2.90. The van der Waals surface area contributed by atoms with Crippen LogP contribution >= 0.6 is 11.8 Å². The Morgan fingerprint density at radius 1 is 1.77 bits per heavy atom. The van der Waals surface area contributed by atoms with Crippen molar-refractivity contribution in [3.05, 3.63) is 17.7 Å². The first-order valence-corrected chi connectivity index (χ1v) is 5.44. The third kappa shape index (κ3) is 1.87. The molecule has 2 heterocycles. The van der Waals surface area contributed by atoms with E-state index < -0.39 is 0 Å². The van der Waals surface area contributed by atoms with Crippen molar-refractivity contribution in [1.29, 1.82) is 0 Å². The van der Waals surface area contributed by atoms with Crippen LogP contribution in [0.1, 0.15) is 11.5 Å². The molecule has 1 N–H and O–H groups in total. The molecule has 0 bridgehead atoms. The van der Waals surface area contributed by atoms with Gasteiger partial charge >= 0.3 is 0 Å². The number of fused-ring (bicyclic) bond motifs is 1. The molecule has 72 valence electrons. The topological polar surface area (TPSA) is 39.1 Å². The van der Waals surface area contributed by atoms with Crippen LogP contribution in [0, 0.1) is 0 Å². The lowest BCUT2D eigenvalue weighted by molar-refractivity contribution is 0.0840. The van der Waals surface area contributed by atoms with E-state index in [9.17, 15) is 0 Å². The van der Waals surface area contributed by atoms with Crippen LogP contribution in [0.25, 0.3) is 0 Å². The zero-order valence-corrected chi connectivity index (χ0v) is 8.43. The minimum Gasteiger partial charge on any atom is -0.329 e. The van der Waals surface area contributed by atoms with Gasteiger partial charge in [-0.2, -0.15) is 17.2 Å². The van der Waals surface area contributed by atoms with Gasteiger partial charge in [0.05, 0.1) is 13.7 Å². The normalized spacial score (nSPS) is 15.8. The Morgan fingerprint density at radius 2 is 2.69 bits per heavy atom. The van der Waals surface area contributed by atoms with Crippen molar-refractivity contribution in [1.82, 2.24) is 15.0 Å². The molecule has 13 heavy (non-hydrogen) atoms. The van der Waals surface area contributed by atoms with E-state index in [-0.39, 0.29) is 0 Å². The van der Waals surface area contributed by atoms with Crippen LogP contribution in [-0.2, 0) is 23.7 Å². The number of imidazole rings is 1. The zero-order chi connectivity index (χ0) is 9.10. The first-order valence-electron chi connectivity index (χ1n) is 4.28. The number of nitrogens with zero attached hydrogens (tertiary/aromatic N) is 2. The number of hydrogen-bond acceptors (Lipinski definition) is 4. The summed E-state index contributed by atoms with van der Waals surface area (Å²) in [4.78, 5) is 9.14. The molecule has 0 atom stereocenters. The van der Waals surface area contributed by atoms with E-state index in [4.69, 9.17) is 4.84 Å². The Balaban J connectivity index is 2.12. The maximum atomic E-state index is 4.80. The molecule has 0 aromatic carbocycles. The molecule has 1 aromatic rings. The summed E-state index contributed by atoms with van der Waals surface area (Å²) in [7, 11) is 1.62. The van der Waals surface area contributed by atoms with E-state index in [1.807, 2.05) is 18.0 Å². The fourth-order valence-corrected chi connectivity index (χ4v) is 2.35. The van der Waals surface area contributed by atoms with Gasteiger partial charge in [-0.15, -0.1) is 0 Å². The molecule has 0 fully saturated rings. The maximum absolute atomic E-state index is 4.80. The van der Waals surface area contributed by atoms with Crippen LogP contribution in [0.3, 0.4) is 0 Å². The predicted molar refractivity (Wildman–Crippen MR) is 52.2 cm³/mol. The average Bonchev–Trinajstić information content (AvgIpc) is 2.58. The van der Waals surface area contributed by atoms with Crippen molar-refractivity contribution in [2.24, 2.45) is 0 Å². The van der Waals surface area contributed by atoms with Crippen molar-refractivity contribution >= 4 is 11.8 Å². The van der Waals surface area contributed by atoms with Crippen LogP contribution < -0.4 is 5.48 Å². The Labute approximate surface area is 81.6 Å². The lowest BCUT2D eigenvalue weighted by Crippen LogP contribution is -2.19. The maximum Gasteiger partial charge on any atom is 0.125 e. The summed E-state index contributed by atoms with van der Waals surface area (Å²) in [6.07, 6.45) is 1.96. The molecular weight excluding hydrogens is 186 g/mol. The van der Waals surface area contributed by atoms with Gasteiger partial charge in [-0.05, 0) is 0 Å². The molecule has 1 aliphatic rings. The third-order valence-electron chi connectivity index (χ3n) is 2.10. The van der Waals surface area contributed by atoms with Crippen LogP contribution in [0.2, 0.25) is 0 Å². The van der Waals surface area contributed by atoms with Crippen molar-refractivity contribution in [3.63, 3.8) is 0 Å². The second kappa shape index (κ2) is 4.13. The van der Waals surface area contributed by atoms with Gasteiger partial charge in [0.15, 0.2) is 0 Å². The molecule has 0 saturated heterocycles. The molecule has 0 saturated carbocycles. The zero-order valence-electron chi connectivity index (χ0n) is 7.62. The molecule has 0 amide bonds.